The number of nitrogens with zero attached hydrogens (tertiary/aromatic N) is 6. The first-order chi connectivity index (χ1) is 18.9. The topological polar surface area (TPSA) is 106 Å². The molecule has 1 aliphatic rings. The molecule has 2 aromatic carbocycles. The number of amides is 1. The Hall–Kier alpha value is -4.02. The largest absolute Gasteiger partial charge is 0.490 e. The number of hydrogen-bond donors (Lipinski definition) is 1. The maximum Gasteiger partial charge on any atom is 0.236 e. The summed E-state index contributed by atoms with van der Waals surface area (Å²) in [6, 6.07) is 11.2. The van der Waals surface area contributed by atoms with Crippen molar-refractivity contribution in [3.8, 4) is 11.5 Å². The molecular weight excluding hydrogens is 518 g/mol. The molecular formula is C28H30ClN7O3. The average molecular weight is 548 g/mol. The number of benzene rings is 2. The summed E-state index contributed by atoms with van der Waals surface area (Å²) >= 11 is 6.49. The third-order valence-electron chi connectivity index (χ3n) is 6.34. The minimum Gasteiger partial charge on any atom is -0.490 e. The van der Waals surface area contributed by atoms with E-state index in [1.54, 1.807) is 30.7 Å². The predicted octanol–water partition coefficient (Wildman–Crippen LogP) is 4.33. The van der Waals surface area contributed by atoms with Gasteiger partial charge in [-0.15, -0.1) is 0 Å². The van der Waals surface area contributed by atoms with Crippen molar-refractivity contribution < 1.29 is 14.3 Å². The summed E-state index contributed by atoms with van der Waals surface area (Å²) in [6.07, 6.45) is 8.02. The zero-order chi connectivity index (χ0) is 27.2. The average Bonchev–Trinajstić information content (AvgIpc) is 2.93. The van der Waals surface area contributed by atoms with Crippen LogP contribution in [0.4, 0.5) is 11.5 Å². The van der Waals surface area contributed by atoms with Gasteiger partial charge in [0.05, 0.1) is 29.0 Å². The Morgan fingerprint density at radius 1 is 1.10 bits per heavy atom. The summed E-state index contributed by atoms with van der Waals surface area (Å²) in [5.74, 6) is 2.08. The molecule has 0 unspecified atom stereocenters. The van der Waals surface area contributed by atoms with Crippen LogP contribution in [0.2, 0.25) is 5.02 Å². The maximum absolute atomic E-state index is 12.3. The highest BCUT2D eigenvalue weighted by Gasteiger charge is 2.24. The molecule has 0 radical (unpaired) electrons. The first-order valence-corrected chi connectivity index (χ1v) is 13.1. The standard InChI is InChI=1S/C28H30ClN7O3/c1-35(2)16-27(37)36-11-7-21(8-12-36)39-22-4-5-25-23(14-22)28(33-18-32-25)34-19-3-6-26(24(29)13-19)38-17-20-15-30-9-10-31-20/h3-6,9-10,13-15,18,21H,7-8,11-12,16-17H2,1-2H3,(H,32,33,34). The first-order valence-electron chi connectivity index (χ1n) is 12.7. The molecule has 0 aliphatic carbocycles. The Labute approximate surface area is 232 Å². The lowest BCUT2D eigenvalue weighted by Crippen LogP contribution is -2.44. The van der Waals surface area contributed by atoms with Gasteiger partial charge in [-0.25, -0.2) is 9.97 Å². The Bertz CT molecular complexity index is 1430. The smallest absolute Gasteiger partial charge is 0.236 e. The number of likely N-dealkylation sites (N-methyl/N-ethyl adjacent to an activating group) is 1. The zero-order valence-corrected chi connectivity index (χ0v) is 22.6. The van der Waals surface area contributed by atoms with E-state index >= 15 is 0 Å². The molecule has 5 rings (SSSR count). The number of ether oxygens (including phenoxy) is 2. The lowest BCUT2D eigenvalue weighted by molar-refractivity contribution is -0.133. The number of hydrogen-bond acceptors (Lipinski definition) is 9. The van der Waals surface area contributed by atoms with E-state index in [0.29, 0.717) is 41.9 Å². The first kappa shape index (κ1) is 26.6. The second kappa shape index (κ2) is 12.2. The number of rotatable bonds is 9. The molecule has 2 aromatic heterocycles. The van der Waals surface area contributed by atoms with E-state index in [4.69, 9.17) is 21.1 Å². The van der Waals surface area contributed by atoms with Crippen LogP contribution in [0.25, 0.3) is 10.9 Å². The third-order valence-corrected chi connectivity index (χ3v) is 6.64. The van der Waals surface area contributed by atoms with Gasteiger partial charge in [-0.1, -0.05) is 11.6 Å². The van der Waals surface area contributed by atoms with Gasteiger partial charge >= 0.3 is 0 Å². The lowest BCUT2D eigenvalue weighted by Gasteiger charge is -2.32. The highest BCUT2D eigenvalue weighted by Crippen LogP contribution is 2.32. The molecule has 1 fully saturated rings. The summed E-state index contributed by atoms with van der Waals surface area (Å²) in [6.45, 7) is 2.08. The summed E-state index contributed by atoms with van der Waals surface area (Å²) in [4.78, 5) is 33.2. The van der Waals surface area contributed by atoms with Crippen molar-refractivity contribution in [3.05, 3.63) is 72.0 Å². The van der Waals surface area contributed by atoms with Gasteiger partial charge in [0.1, 0.15) is 36.4 Å². The van der Waals surface area contributed by atoms with Crippen molar-refractivity contribution in [2.24, 2.45) is 0 Å². The van der Waals surface area contributed by atoms with E-state index in [1.807, 2.05) is 48.2 Å². The fourth-order valence-corrected chi connectivity index (χ4v) is 4.62. The van der Waals surface area contributed by atoms with Crippen LogP contribution in [0.3, 0.4) is 0 Å². The number of carbonyl (C=O) groups is 1. The van der Waals surface area contributed by atoms with E-state index in [1.165, 1.54) is 6.33 Å². The predicted molar refractivity (Wildman–Crippen MR) is 149 cm³/mol. The molecule has 202 valence electrons. The van der Waals surface area contributed by atoms with Crippen LogP contribution < -0.4 is 14.8 Å². The summed E-state index contributed by atoms with van der Waals surface area (Å²) < 4.78 is 12.1. The van der Waals surface area contributed by atoms with Crippen LogP contribution >= 0.6 is 11.6 Å². The van der Waals surface area contributed by atoms with Crippen LogP contribution in [0, 0.1) is 0 Å². The minimum absolute atomic E-state index is 0.0418. The lowest BCUT2D eigenvalue weighted by atomic mass is 10.1. The molecule has 3 heterocycles. The van der Waals surface area contributed by atoms with Crippen molar-refractivity contribution >= 4 is 39.9 Å². The normalized spacial score (nSPS) is 14.0. The fraction of sp³-hybridized carbons (Fsp3) is 0.321. The van der Waals surface area contributed by atoms with E-state index < -0.39 is 0 Å². The van der Waals surface area contributed by atoms with Crippen molar-refractivity contribution in [3.63, 3.8) is 0 Å². The number of piperidine rings is 1. The summed E-state index contributed by atoms with van der Waals surface area (Å²) in [5, 5.41) is 4.62. The van der Waals surface area contributed by atoms with Gasteiger partial charge in [-0.3, -0.25) is 14.8 Å². The number of aromatic nitrogens is 4. The molecule has 1 N–H and O–H groups in total. The number of nitrogens with one attached hydrogen (secondary N) is 1. The Balaban J connectivity index is 1.24. The number of halogens is 1. The molecule has 10 nitrogen and oxygen atoms in total. The SMILES string of the molecule is CN(C)CC(=O)N1CCC(Oc2ccc3ncnc(Nc4ccc(OCc5cnccn5)c(Cl)c4)c3c2)CC1. The van der Waals surface area contributed by atoms with Crippen molar-refractivity contribution in [1.82, 2.24) is 29.7 Å². The molecule has 1 aliphatic heterocycles. The Morgan fingerprint density at radius 3 is 2.69 bits per heavy atom. The van der Waals surface area contributed by atoms with Gasteiger partial charge in [-0.05, 0) is 50.5 Å². The van der Waals surface area contributed by atoms with Crippen LogP contribution in [0.15, 0.2) is 61.3 Å². The Kier molecular flexibility index (Phi) is 8.33. The van der Waals surface area contributed by atoms with E-state index in [-0.39, 0.29) is 18.6 Å². The highest BCUT2D eigenvalue weighted by atomic mass is 35.5. The van der Waals surface area contributed by atoms with Gasteiger partial charge in [0, 0.05) is 49.4 Å². The van der Waals surface area contributed by atoms with Crippen LogP contribution in [-0.2, 0) is 11.4 Å². The molecule has 39 heavy (non-hydrogen) atoms. The monoisotopic (exact) mass is 547 g/mol. The molecule has 1 amide bonds. The van der Waals surface area contributed by atoms with Crippen molar-refractivity contribution in [2.75, 3.05) is 39.0 Å². The van der Waals surface area contributed by atoms with Gasteiger partial charge in [0.25, 0.3) is 0 Å². The molecule has 11 heteroatoms. The van der Waals surface area contributed by atoms with Crippen LogP contribution in [0.1, 0.15) is 18.5 Å². The van der Waals surface area contributed by atoms with E-state index in [0.717, 1.165) is 35.2 Å². The van der Waals surface area contributed by atoms with Crippen molar-refractivity contribution in [1.29, 1.82) is 0 Å². The van der Waals surface area contributed by atoms with Crippen LogP contribution in [0.5, 0.6) is 11.5 Å². The Morgan fingerprint density at radius 2 is 1.95 bits per heavy atom. The third kappa shape index (κ3) is 6.90. The highest BCUT2D eigenvalue weighted by molar-refractivity contribution is 6.32. The quantitative estimate of drug-likeness (QED) is 0.328. The molecule has 0 saturated carbocycles. The van der Waals surface area contributed by atoms with Crippen LogP contribution in [-0.4, -0.2) is 75.5 Å². The summed E-state index contributed by atoms with van der Waals surface area (Å²) in [7, 11) is 3.81. The second-order valence-electron chi connectivity index (χ2n) is 9.59. The second-order valence-corrected chi connectivity index (χ2v) is 10.00. The van der Waals surface area contributed by atoms with E-state index in [9.17, 15) is 4.79 Å². The van der Waals surface area contributed by atoms with Gasteiger partial charge in [-0.2, -0.15) is 0 Å². The van der Waals surface area contributed by atoms with Gasteiger partial charge in [0.2, 0.25) is 5.91 Å². The number of likely N-dealkylation sites (tertiary alicyclic amines) is 1. The maximum atomic E-state index is 12.3. The van der Waals surface area contributed by atoms with E-state index in [2.05, 4.69) is 25.3 Å². The molecule has 0 bridgehead atoms. The number of fused-ring (bicyclic) bond motifs is 1. The summed E-state index contributed by atoms with van der Waals surface area (Å²) in [5.41, 5.74) is 2.26. The van der Waals surface area contributed by atoms with Gasteiger partial charge < -0.3 is 24.6 Å². The van der Waals surface area contributed by atoms with Gasteiger partial charge in [0.15, 0.2) is 0 Å². The minimum atomic E-state index is 0.0418. The molecule has 1 saturated heterocycles. The van der Waals surface area contributed by atoms with Crippen molar-refractivity contribution in [2.45, 2.75) is 25.6 Å². The number of anilines is 2. The molecule has 0 atom stereocenters. The molecule has 4 aromatic rings. The fourth-order valence-electron chi connectivity index (χ4n) is 4.38. The zero-order valence-electron chi connectivity index (χ0n) is 21.9. The number of carbonyl (C=O) groups excluding carboxylic acids is 1. The molecule has 0 spiro atoms.